The maximum atomic E-state index is 11.4. The maximum absolute atomic E-state index is 11.4. The largest absolute Gasteiger partial charge is 0.508 e. The molecular formula is C13H13NO5S. The molecule has 6 nitrogen and oxygen atoms in total. The molecule has 0 unspecified atom stereocenters. The molecule has 0 saturated heterocycles. The minimum atomic E-state index is -1.06. The molecule has 7 heteroatoms. The minimum absolute atomic E-state index is 0.0124. The predicted octanol–water partition coefficient (Wildman–Crippen LogP) is 1.14. The van der Waals surface area contributed by atoms with Crippen molar-refractivity contribution in [1.82, 2.24) is 0 Å². The Morgan fingerprint density at radius 1 is 1.40 bits per heavy atom. The summed E-state index contributed by atoms with van der Waals surface area (Å²) in [7, 11) is 0. The van der Waals surface area contributed by atoms with Gasteiger partial charge in [-0.25, -0.2) is 4.79 Å². The normalized spacial score (nSPS) is 12.4. The van der Waals surface area contributed by atoms with Gasteiger partial charge in [0.15, 0.2) is 0 Å². The minimum Gasteiger partial charge on any atom is -0.508 e. The van der Waals surface area contributed by atoms with Crippen LogP contribution in [0.4, 0.5) is 0 Å². The van der Waals surface area contributed by atoms with Crippen LogP contribution in [0.1, 0.15) is 5.56 Å². The van der Waals surface area contributed by atoms with Crippen molar-refractivity contribution < 1.29 is 19.4 Å². The second kappa shape index (κ2) is 5.98. The van der Waals surface area contributed by atoms with E-state index in [1.807, 2.05) is 0 Å². The summed E-state index contributed by atoms with van der Waals surface area (Å²) in [4.78, 5) is 22.1. The molecule has 20 heavy (non-hydrogen) atoms. The lowest BCUT2D eigenvalue weighted by Crippen LogP contribution is -2.32. The first kappa shape index (κ1) is 14.4. The van der Waals surface area contributed by atoms with Crippen LogP contribution in [0.2, 0.25) is 0 Å². The Kier molecular flexibility index (Phi) is 4.31. The Hall–Kier alpha value is -1.99. The molecular weight excluding hydrogens is 282 g/mol. The first-order valence-electron chi connectivity index (χ1n) is 5.79. The van der Waals surface area contributed by atoms with E-state index in [1.54, 1.807) is 6.07 Å². The number of aliphatic carboxylic acids is 1. The highest BCUT2D eigenvalue weighted by Gasteiger charge is 2.12. The number of hydrogen-bond acceptors (Lipinski definition) is 6. The molecule has 0 bridgehead atoms. The van der Waals surface area contributed by atoms with Crippen molar-refractivity contribution in [2.75, 3.05) is 5.75 Å². The Labute approximate surface area is 118 Å². The lowest BCUT2D eigenvalue weighted by atomic mass is 10.1. The monoisotopic (exact) mass is 295 g/mol. The second-order valence-corrected chi connectivity index (χ2v) is 5.26. The van der Waals surface area contributed by atoms with E-state index in [9.17, 15) is 14.7 Å². The zero-order valence-electron chi connectivity index (χ0n) is 10.4. The number of nitrogens with two attached hydrogens (primary N) is 1. The summed E-state index contributed by atoms with van der Waals surface area (Å²) in [5.74, 6) is -0.360. The van der Waals surface area contributed by atoms with Crippen molar-refractivity contribution in [2.45, 2.75) is 11.8 Å². The van der Waals surface area contributed by atoms with Gasteiger partial charge in [-0.15, -0.1) is 0 Å². The number of hydrogen-bond donors (Lipinski definition) is 3. The van der Waals surface area contributed by atoms with Crippen LogP contribution >= 0.6 is 11.8 Å². The average molecular weight is 295 g/mol. The van der Waals surface area contributed by atoms with E-state index in [0.29, 0.717) is 16.7 Å². The SMILES string of the molecule is N[C@H](CSCc1cc(=O)oc2cc(O)ccc12)C(=O)O. The van der Waals surface area contributed by atoms with Crippen molar-refractivity contribution in [1.29, 1.82) is 0 Å². The Morgan fingerprint density at radius 2 is 2.15 bits per heavy atom. The molecule has 0 fully saturated rings. The van der Waals surface area contributed by atoms with E-state index in [-0.39, 0.29) is 11.5 Å². The molecule has 2 rings (SSSR count). The fraction of sp³-hybridized carbons (Fsp3) is 0.231. The summed E-state index contributed by atoms with van der Waals surface area (Å²) in [6.45, 7) is 0. The van der Waals surface area contributed by atoms with Crippen molar-refractivity contribution in [2.24, 2.45) is 5.73 Å². The van der Waals surface area contributed by atoms with Crippen LogP contribution in [-0.2, 0) is 10.5 Å². The molecule has 0 saturated carbocycles. The number of phenols is 1. The van der Waals surface area contributed by atoms with Gasteiger partial charge in [0.05, 0.1) is 0 Å². The molecule has 2 aromatic rings. The summed E-state index contributed by atoms with van der Waals surface area (Å²) in [5, 5.41) is 18.8. The summed E-state index contributed by atoms with van der Waals surface area (Å²) >= 11 is 1.32. The van der Waals surface area contributed by atoms with Gasteiger partial charge in [0.1, 0.15) is 17.4 Å². The van der Waals surface area contributed by atoms with E-state index in [4.69, 9.17) is 15.3 Å². The fourth-order valence-corrected chi connectivity index (χ4v) is 2.68. The molecule has 0 amide bonds. The number of carbonyl (C=O) groups is 1. The molecule has 0 spiro atoms. The van der Waals surface area contributed by atoms with Crippen molar-refractivity contribution in [3.05, 3.63) is 40.2 Å². The number of thioether (sulfide) groups is 1. The molecule has 0 aliphatic carbocycles. The van der Waals surface area contributed by atoms with Crippen molar-refractivity contribution in [3.8, 4) is 5.75 Å². The van der Waals surface area contributed by atoms with Crippen LogP contribution in [0.15, 0.2) is 33.5 Å². The van der Waals surface area contributed by atoms with Crippen molar-refractivity contribution in [3.63, 3.8) is 0 Å². The number of fused-ring (bicyclic) bond motifs is 1. The first-order valence-corrected chi connectivity index (χ1v) is 6.94. The van der Waals surface area contributed by atoms with Crippen LogP contribution in [0.3, 0.4) is 0 Å². The zero-order valence-corrected chi connectivity index (χ0v) is 11.2. The maximum Gasteiger partial charge on any atom is 0.336 e. The van der Waals surface area contributed by atoms with Crippen LogP contribution in [0.25, 0.3) is 11.0 Å². The summed E-state index contributed by atoms with van der Waals surface area (Å²) < 4.78 is 5.01. The Morgan fingerprint density at radius 3 is 2.85 bits per heavy atom. The molecule has 106 valence electrons. The number of benzene rings is 1. The number of carboxylic acids is 1. The highest BCUT2D eigenvalue weighted by Crippen LogP contribution is 2.24. The third-order valence-corrected chi connectivity index (χ3v) is 3.80. The lowest BCUT2D eigenvalue weighted by molar-refractivity contribution is -0.137. The van der Waals surface area contributed by atoms with E-state index in [0.717, 1.165) is 5.56 Å². The van der Waals surface area contributed by atoms with Crippen LogP contribution in [0.5, 0.6) is 5.75 Å². The Balaban J connectivity index is 2.21. The van der Waals surface area contributed by atoms with E-state index in [1.165, 1.54) is 30.0 Å². The molecule has 1 heterocycles. The zero-order chi connectivity index (χ0) is 14.7. The first-order chi connectivity index (χ1) is 9.47. The fourth-order valence-electron chi connectivity index (χ4n) is 1.71. The molecule has 1 aromatic heterocycles. The topological polar surface area (TPSA) is 114 Å². The summed E-state index contributed by atoms with van der Waals surface area (Å²) in [5.41, 5.74) is 5.92. The van der Waals surface area contributed by atoms with Gasteiger partial charge in [-0.2, -0.15) is 11.8 Å². The van der Waals surface area contributed by atoms with E-state index in [2.05, 4.69) is 0 Å². The quantitative estimate of drug-likeness (QED) is 0.709. The molecule has 0 aliphatic rings. The van der Waals surface area contributed by atoms with Gasteiger partial charge < -0.3 is 20.4 Å². The van der Waals surface area contributed by atoms with Gasteiger partial charge in [-0.3, -0.25) is 4.79 Å². The van der Waals surface area contributed by atoms with E-state index < -0.39 is 17.6 Å². The standard InChI is InChI=1S/C13H13NO5S/c14-10(13(17)18)6-20-5-7-3-12(16)19-11-4-8(15)1-2-9(7)11/h1-4,10,15H,5-6,14H2,(H,17,18)/t10-/m1/s1. The molecule has 0 radical (unpaired) electrons. The number of rotatable bonds is 5. The van der Waals surface area contributed by atoms with Gasteiger partial charge in [0.25, 0.3) is 0 Å². The Bertz CT molecular complexity index is 697. The smallest absolute Gasteiger partial charge is 0.336 e. The number of carboxylic acid groups (broad SMARTS) is 1. The highest BCUT2D eigenvalue weighted by atomic mass is 32.2. The average Bonchev–Trinajstić information content (AvgIpc) is 2.37. The number of phenolic OH excluding ortho intramolecular Hbond substituents is 1. The van der Waals surface area contributed by atoms with E-state index >= 15 is 0 Å². The third kappa shape index (κ3) is 3.31. The number of aromatic hydroxyl groups is 1. The van der Waals surface area contributed by atoms with Gasteiger partial charge in [0, 0.05) is 29.0 Å². The van der Waals surface area contributed by atoms with Gasteiger partial charge in [-0.1, -0.05) is 0 Å². The van der Waals surface area contributed by atoms with Crippen LogP contribution < -0.4 is 11.4 Å². The molecule has 1 aromatic carbocycles. The summed E-state index contributed by atoms with van der Waals surface area (Å²) in [6.07, 6.45) is 0. The van der Waals surface area contributed by atoms with Crippen molar-refractivity contribution >= 4 is 28.7 Å². The molecule has 4 N–H and O–H groups in total. The molecule has 1 atom stereocenters. The second-order valence-electron chi connectivity index (χ2n) is 4.23. The lowest BCUT2D eigenvalue weighted by Gasteiger charge is -2.07. The van der Waals surface area contributed by atoms with Gasteiger partial charge in [-0.05, 0) is 17.7 Å². The highest BCUT2D eigenvalue weighted by molar-refractivity contribution is 7.98. The third-order valence-electron chi connectivity index (χ3n) is 2.69. The van der Waals surface area contributed by atoms with Crippen LogP contribution in [-0.4, -0.2) is 28.0 Å². The van der Waals surface area contributed by atoms with Gasteiger partial charge >= 0.3 is 11.6 Å². The van der Waals surface area contributed by atoms with Crippen LogP contribution in [0, 0.1) is 0 Å². The predicted molar refractivity (Wildman–Crippen MR) is 75.9 cm³/mol. The van der Waals surface area contributed by atoms with Gasteiger partial charge in [0.2, 0.25) is 0 Å². The summed E-state index contributed by atoms with van der Waals surface area (Å²) in [6, 6.07) is 4.95. The molecule has 0 aliphatic heterocycles.